The lowest BCUT2D eigenvalue weighted by Gasteiger charge is -2.14. The van der Waals surface area contributed by atoms with E-state index >= 15 is 0 Å². The van der Waals surface area contributed by atoms with Crippen LogP contribution >= 0.6 is 27.7 Å². The largest absolute Gasteiger partial charge is 0.478 e. The van der Waals surface area contributed by atoms with Crippen LogP contribution in [0.5, 0.6) is 0 Å². The maximum absolute atomic E-state index is 12.4. The zero-order valence-electron chi connectivity index (χ0n) is 10.7. The number of sulfonamides is 1. The standard InChI is InChI=1S/C12H14BrNO4S2/c1-7-4-8(12(15)16)5-10(11(7)13)20(17,18)14-9-2-3-19-6-9/h4-5,9,14H,2-3,6H2,1H3,(H,15,16). The third kappa shape index (κ3) is 3.36. The number of aromatic carboxylic acids is 1. The van der Waals surface area contributed by atoms with Gasteiger partial charge in [-0.25, -0.2) is 17.9 Å². The second-order valence-electron chi connectivity index (χ2n) is 4.59. The Morgan fingerprint density at radius 1 is 1.50 bits per heavy atom. The van der Waals surface area contributed by atoms with E-state index in [4.69, 9.17) is 5.11 Å². The van der Waals surface area contributed by atoms with Gasteiger partial charge in [0.05, 0.1) is 10.5 Å². The second kappa shape index (κ2) is 6.05. The average molecular weight is 380 g/mol. The summed E-state index contributed by atoms with van der Waals surface area (Å²) >= 11 is 4.93. The summed E-state index contributed by atoms with van der Waals surface area (Å²) < 4.78 is 27.8. The normalized spacial score (nSPS) is 19.2. The van der Waals surface area contributed by atoms with Crippen LogP contribution in [-0.2, 0) is 10.0 Å². The van der Waals surface area contributed by atoms with E-state index in [1.807, 2.05) is 0 Å². The van der Waals surface area contributed by atoms with Crippen molar-refractivity contribution in [2.45, 2.75) is 24.3 Å². The molecule has 1 fully saturated rings. The molecule has 0 aromatic heterocycles. The van der Waals surface area contributed by atoms with Gasteiger partial charge in [-0.05, 0) is 52.7 Å². The molecule has 1 aliphatic heterocycles. The van der Waals surface area contributed by atoms with E-state index in [1.54, 1.807) is 18.7 Å². The number of carbonyl (C=O) groups is 1. The molecular weight excluding hydrogens is 366 g/mol. The second-order valence-corrected chi connectivity index (χ2v) is 8.22. The molecule has 1 aromatic rings. The monoisotopic (exact) mass is 379 g/mol. The fourth-order valence-electron chi connectivity index (χ4n) is 1.97. The first-order valence-electron chi connectivity index (χ1n) is 5.95. The highest BCUT2D eigenvalue weighted by molar-refractivity contribution is 9.10. The molecule has 1 heterocycles. The number of hydrogen-bond acceptors (Lipinski definition) is 4. The van der Waals surface area contributed by atoms with Gasteiger partial charge in [0.15, 0.2) is 0 Å². The molecule has 0 amide bonds. The van der Waals surface area contributed by atoms with Crippen molar-refractivity contribution < 1.29 is 18.3 Å². The van der Waals surface area contributed by atoms with Gasteiger partial charge in [-0.2, -0.15) is 11.8 Å². The van der Waals surface area contributed by atoms with Crippen LogP contribution in [0.2, 0.25) is 0 Å². The Morgan fingerprint density at radius 2 is 2.20 bits per heavy atom. The molecule has 8 heteroatoms. The number of halogens is 1. The molecule has 0 saturated carbocycles. The number of rotatable bonds is 4. The lowest BCUT2D eigenvalue weighted by molar-refractivity contribution is 0.0696. The fraction of sp³-hybridized carbons (Fsp3) is 0.417. The lowest BCUT2D eigenvalue weighted by atomic mass is 10.1. The van der Waals surface area contributed by atoms with E-state index in [0.717, 1.165) is 17.9 Å². The molecule has 0 radical (unpaired) electrons. The molecule has 5 nitrogen and oxygen atoms in total. The topological polar surface area (TPSA) is 83.5 Å². The first-order valence-corrected chi connectivity index (χ1v) is 9.38. The Bertz CT molecular complexity index is 639. The lowest BCUT2D eigenvalue weighted by Crippen LogP contribution is -2.35. The Labute approximate surface area is 130 Å². The Kier molecular flexibility index (Phi) is 4.78. The van der Waals surface area contributed by atoms with Crippen LogP contribution in [0.1, 0.15) is 22.3 Å². The molecule has 0 bridgehead atoms. The SMILES string of the molecule is Cc1cc(C(=O)O)cc(S(=O)(=O)NC2CCSC2)c1Br. The van der Waals surface area contributed by atoms with E-state index in [2.05, 4.69) is 20.7 Å². The summed E-state index contributed by atoms with van der Waals surface area (Å²) in [6, 6.07) is 2.53. The highest BCUT2D eigenvalue weighted by Crippen LogP contribution is 2.28. The smallest absolute Gasteiger partial charge is 0.335 e. The summed E-state index contributed by atoms with van der Waals surface area (Å²) in [4.78, 5) is 11.0. The van der Waals surface area contributed by atoms with Crippen molar-refractivity contribution in [2.24, 2.45) is 0 Å². The zero-order valence-corrected chi connectivity index (χ0v) is 13.9. The number of carboxylic acids is 1. The minimum absolute atomic E-state index is 0.0215. The van der Waals surface area contributed by atoms with Crippen molar-refractivity contribution in [3.05, 3.63) is 27.7 Å². The maximum Gasteiger partial charge on any atom is 0.335 e. The van der Waals surface area contributed by atoms with Crippen molar-refractivity contribution in [1.82, 2.24) is 4.72 Å². The molecule has 20 heavy (non-hydrogen) atoms. The summed E-state index contributed by atoms with van der Waals surface area (Å²) in [6.45, 7) is 1.67. The molecule has 0 spiro atoms. The molecule has 0 aliphatic carbocycles. The summed E-state index contributed by atoms with van der Waals surface area (Å²) in [6.07, 6.45) is 0.791. The van der Waals surface area contributed by atoms with Gasteiger partial charge >= 0.3 is 5.97 Å². The number of aryl methyl sites for hydroxylation is 1. The molecule has 2 N–H and O–H groups in total. The summed E-state index contributed by atoms with van der Waals surface area (Å²) in [5.74, 6) is 0.533. The van der Waals surface area contributed by atoms with Crippen LogP contribution in [0, 0.1) is 6.92 Å². The summed E-state index contributed by atoms with van der Waals surface area (Å²) in [7, 11) is -3.73. The van der Waals surface area contributed by atoms with Crippen molar-refractivity contribution in [3.63, 3.8) is 0 Å². The van der Waals surface area contributed by atoms with E-state index < -0.39 is 16.0 Å². The third-order valence-electron chi connectivity index (χ3n) is 3.01. The third-order valence-corrected chi connectivity index (χ3v) is 7.03. The zero-order chi connectivity index (χ0) is 14.9. The van der Waals surface area contributed by atoms with Crippen molar-refractivity contribution in [2.75, 3.05) is 11.5 Å². The fourth-order valence-corrected chi connectivity index (χ4v) is 5.54. The van der Waals surface area contributed by atoms with E-state index in [9.17, 15) is 13.2 Å². The molecule has 1 unspecified atom stereocenters. The first kappa shape index (κ1) is 15.8. The van der Waals surface area contributed by atoms with Gasteiger partial charge in [-0.1, -0.05) is 0 Å². The van der Waals surface area contributed by atoms with Crippen LogP contribution in [0.3, 0.4) is 0 Å². The highest BCUT2D eigenvalue weighted by Gasteiger charge is 2.26. The van der Waals surface area contributed by atoms with Crippen molar-refractivity contribution in [1.29, 1.82) is 0 Å². The van der Waals surface area contributed by atoms with Gasteiger partial charge in [0, 0.05) is 16.3 Å². The number of benzene rings is 1. The van der Waals surface area contributed by atoms with E-state index in [0.29, 0.717) is 10.0 Å². The summed E-state index contributed by atoms with van der Waals surface area (Å²) in [5.41, 5.74) is 0.540. The molecule has 1 atom stereocenters. The van der Waals surface area contributed by atoms with Crippen molar-refractivity contribution >= 4 is 43.7 Å². The number of hydrogen-bond donors (Lipinski definition) is 2. The molecule has 1 aromatic carbocycles. The quantitative estimate of drug-likeness (QED) is 0.837. The van der Waals surface area contributed by atoms with Gasteiger partial charge < -0.3 is 5.11 Å². The molecule has 2 rings (SSSR count). The average Bonchev–Trinajstić information content (AvgIpc) is 2.83. The minimum atomic E-state index is -3.73. The number of nitrogens with one attached hydrogen (secondary N) is 1. The molecule has 1 saturated heterocycles. The highest BCUT2D eigenvalue weighted by atomic mass is 79.9. The minimum Gasteiger partial charge on any atom is -0.478 e. The maximum atomic E-state index is 12.4. The Hall–Kier alpha value is -0.570. The van der Waals surface area contributed by atoms with Gasteiger partial charge in [0.1, 0.15) is 0 Å². The van der Waals surface area contributed by atoms with E-state index in [1.165, 1.54) is 12.1 Å². The molecule has 110 valence electrons. The first-order chi connectivity index (χ1) is 9.31. The van der Waals surface area contributed by atoms with Gasteiger partial charge in [-0.3, -0.25) is 0 Å². The van der Waals surface area contributed by atoms with Gasteiger partial charge in [0.2, 0.25) is 10.0 Å². The number of thioether (sulfide) groups is 1. The van der Waals surface area contributed by atoms with Crippen LogP contribution in [0.15, 0.2) is 21.5 Å². The predicted octanol–water partition coefficient (Wildman–Crippen LogP) is 2.24. The Morgan fingerprint density at radius 3 is 2.75 bits per heavy atom. The molecular formula is C12H14BrNO4S2. The van der Waals surface area contributed by atoms with Crippen LogP contribution in [-0.4, -0.2) is 37.0 Å². The van der Waals surface area contributed by atoms with Gasteiger partial charge in [-0.15, -0.1) is 0 Å². The number of carboxylic acid groups (broad SMARTS) is 1. The van der Waals surface area contributed by atoms with E-state index in [-0.39, 0.29) is 16.5 Å². The van der Waals surface area contributed by atoms with Gasteiger partial charge in [0.25, 0.3) is 0 Å². The van der Waals surface area contributed by atoms with Crippen LogP contribution < -0.4 is 4.72 Å². The molecule has 1 aliphatic rings. The van der Waals surface area contributed by atoms with Crippen LogP contribution in [0.25, 0.3) is 0 Å². The predicted molar refractivity (Wildman–Crippen MR) is 81.9 cm³/mol. The van der Waals surface area contributed by atoms with Crippen LogP contribution in [0.4, 0.5) is 0 Å². The summed E-state index contributed by atoms with van der Waals surface area (Å²) in [5, 5.41) is 9.04. The van der Waals surface area contributed by atoms with Crippen molar-refractivity contribution in [3.8, 4) is 0 Å². The Balaban J connectivity index is 2.41.